The molecule has 1 aliphatic rings. The second kappa shape index (κ2) is 7.77. The molecule has 26 heavy (non-hydrogen) atoms. The molecule has 6 nitrogen and oxygen atoms in total. The zero-order valence-corrected chi connectivity index (χ0v) is 13.9. The van der Waals surface area contributed by atoms with Gasteiger partial charge in [-0.05, 0) is 36.4 Å². The van der Waals surface area contributed by atoms with Gasteiger partial charge in [0.15, 0.2) is 6.61 Å². The number of carbonyl (C=O) groups excluding carboxylic acids is 3. The molecule has 2 amide bonds. The van der Waals surface area contributed by atoms with Gasteiger partial charge in [0.05, 0.1) is 5.92 Å². The van der Waals surface area contributed by atoms with E-state index in [1.54, 1.807) is 24.3 Å². The molecule has 1 fully saturated rings. The van der Waals surface area contributed by atoms with E-state index in [2.05, 4.69) is 5.32 Å². The van der Waals surface area contributed by atoms with Gasteiger partial charge in [-0.15, -0.1) is 0 Å². The third kappa shape index (κ3) is 4.24. The number of hydrogen-bond acceptors (Lipinski definition) is 4. The molecule has 1 N–H and O–H groups in total. The molecule has 3 rings (SSSR count). The van der Waals surface area contributed by atoms with Crippen molar-refractivity contribution in [1.29, 1.82) is 0 Å². The number of carbonyl (C=O) groups is 3. The van der Waals surface area contributed by atoms with E-state index in [4.69, 9.17) is 4.74 Å². The highest BCUT2D eigenvalue weighted by atomic mass is 19.1. The van der Waals surface area contributed by atoms with Crippen molar-refractivity contribution in [3.63, 3.8) is 0 Å². The van der Waals surface area contributed by atoms with Crippen LogP contribution in [0.4, 0.5) is 15.8 Å². The number of halogens is 1. The maximum absolute atomic E-state index is 13.0. The minimum absolute atomic E-state index is 0.00346. The van der Waals surface area contributed by atoms with E-state index >= 15 is 0 Å². The predicted molar refractivity (Wildman–Crippen MR) is 92.9 cm³/mol. The molecule has 0 aliphatic carbocycles. The van der Waals surface area contributed by atoms with E-state index < -0.39 is 30.2 Å². The number of rotatable bonds is 5. The Bertz CT molecular complexity index is 808. The Morgan fingerprint density at radius 2 is 1.81 bits per heavy atom. The predicted octanol–water partition coefficient (Wildman–Crippen LogP) is 2.36. The summed E-state index contributed by atoms with van der Waals surface area (Å²) in [5, 5.41) is 2.61. The maximum atomic E-state index is 13.0. The number of esters is 1. The highest BCUT2D eigenvalue weighted by Gasteiger charge is 2.36. The number of benzene rings is 2. The van der Waals surface area contributed by atoms with Crippen molar-refractivity contribution < 1.29 is 23.5 Å². The van der Waals surface area contributed by atoms with Gasteiger partial charge in [-0.2, -0.15) is 0 Å². The lowest BCUT2D eigenvalue weighted by molar-refractivity contribution is -0.151. The molecule has 7 heteroatoms. The summed E-state index contributed by atoms with van der Waals surface area (Å²) >= 11 is 0. The largest absolute Gasteiger partial charge is 0.455 e. The molecule has 1 saturated heterocycles. The number of anilines is 2. The SMILES string of the molecule is O=C(COC(=O)[C@@H]1CC(=O)N(c2ccc(F)cc2)C1)Nc1ccccc1. The fourth-order valence-corrected chi connectivity index (χ4v) is 2.71. The first-order valence-electron chi connectivity index (χ1n) is 8.10. The van der Waals surface area contributed by atoms with Gasteiger partial charge in [-0.25, -0.2) is 4.39 Å². The average Bonchev–Trinajstić information content (AvgIpc) is 3.03. The van der Waals surface area contributed by atoms with Crippen LogP contribution in [0.15, 0.2) is 54.6 Å². The normalized spacial score (nSPS) is 16.4. The van der Waals surface area contributed by atoms with Crippen molar-refractivity contribution in [3.8, 4) is 0 Å². The van der Waals surface area contributed by atoms with E-state index in [0.29, 0.717) is 11.4 Å². The summed E-state index contributed by atoms with van der Waals surface area (Å²) in [6, 6.07) is 14.3. The van der Waals surface area contributed by atoms with Crippen molar-refractivity contribution in [2.45, 2.75) is 6.42 Å². The smallest absolute Gasteiger partial charge is 0.311 e. The van der Waals surface area contributed by atoms with Crippen LogP contribution in [0, 0.1) is 11.7 Å². The molecule has 0 radical (unpaired) electrons. The first kappa shape index (κ1) is 17.6. The Kier molecular flexibility index (Phi) is 5.26. The van der Waals surface area contributed by atoms with Crippen LogP contribution < -0.4 is 10.2 Å². The lowest BCUT2D eigenvalue weighted by Gasteiger charge is -2.16. The Morgan fingerprint density at radius 3 is 2.50 bits per heavy atom. The summed E-state index contributed by atoms with van der Waals surface area (Å²) in [6.45, 7) is -0.279. The van der Waals surface area contributed by atoms with E-state index in [1.807, 2.05) is 6.07 Å². The fraction of sp³-hybridized carbons (Fsp3) is 0.211. The van der Waals surface area contributed by atoms with Crippen molar-refractivity contribution in [3.05, 3.63) is 60.4 Å². The van der Waals surface area contributed by atoms with Gasteiger partial charge < -0.3 is 15.0 Å². The lowest BCUT2D eigenvalue weighted by atomic mass is 10.1. The van der Waals surface area contributed by atoms with Gasteiger partial charge in [-0.1, -0.05) is 18.2 Å². The Balaban J connectivity index is 1.51. The third-order valence-corrected chi connectivity index (χ3v) is 4.00. The van der Waals surface area contributed by atoms with Crippen LogP contribution >= 0.6 is 0 Å². The van der Waals surface area contributed by atoms with E-state index in [0.717, 1.165) is 0 Å². The van der Waals surface area contributed by atoms with Crippen molar-refractivity contribution in [1.82, 2.24) is 0 Å². The average molecular weight is 356 g/mol. The molecule has 1 atom stereocenters. The van der Waals surface area contributed by atoms with Crippen LogP contribution in [0.1, 0.15) is 6.42 Å². The second-order valence-electron chi connectivity index (χ2n) is 5.90. The third-order valence-electron chi connectivity index (χ3n) is 4.00. The van der Waals surface area contributed by atoms with Crippen LogP contribution in [0.5, 0.6) is 0 Å². The molecule has 1 heterocycles. The highest BCUT2D eigenvalue weighted by Crippen LogP contribution is 2.26. The molecular weight excluding hydrogens is 339 g/mol. The van der Waals surface area contributed by atoms with Gasteiger partial charge in [0.25, 0.3) is 5.91 Å². The zero-order valence-electron chi connectivity index (χ0n) is 13.9. The molecule has 2 aromatic carbocycles. The summed E-state index contributed by atoms with van der Waals surface area (Å²) < 4.78 is 18.0. The molecule has 134 valence electrons. The quantitative estimate of drug-likeness (QED) is 0.835. The van der Waals surface area contributed by atoms with Crippen molar-refractivity contribution in [2.24, 2.45) is 5.92 Å². The number of ether oxygens (including phenoxy) is 1. The number of nitrogens with zero attached hydrogens (tertiary/aromatic N) is 1. The van der Waals surface area contributed by atoms with E-state index in [1.165, 1.54) is 29.2 Å². The molecular formula is C19H17FN2O4. The number of nitrogens with one attached hydrogen (secondary N) is 1. The number of hydrogen-bond donors (Lipinski definition) is 1. The highest BCUT2D eigenvalue weighted by molar-refractivity contribution is 6.00. The molecule has 0 spiro atoms. The molecule has 2 aromatic rings. The maximum Gasteiger partial charge on any atom is 0.311 e. The molecule has 0 saturated carbocycles. The van der Waals surface area contributed by atoms with Gasteiger partial charge in [0.1, 0.15) is 5.82 Å². The standard InChI is InChI=1S/C19H17FN2O4/c20-14-6-8-16(9-7-14)22-11-13(10-18(22)24)19(25)26-12-17(23)21-15-4-2-1-3-5-15/h1-9,13H,10-12H2,(H,21,23)/t13-/m1/s1. The molecule has 0 aromatic heterocycles. The van der Waals surface area contributed by atoms with Gasteiger partial charge in [0, 0.05) is 24.3 Å². The fourth-order valence-electron chi connectivity index (χ4n) is 2.71. The zero-order chi connectivity index (χ0) is 18.5. The van der Waals surface area contributed by atoms with Gasteiger partial charge in [0.2, 0.25) is 5.91 Å². The number of amides is 2. The Morgan fingerprint density at radius 1 is 1.12 bits per heavy atom. The summed E-state index contributed by atoms with van der Waals surface area (Å²) in [5.74, 6) is -2.36. The van der Waals surface area contributed by atoms with Gasteiger partial charge >= 0.3 is 5.97 Å². The monoisotopic (exact) mass is 356 g/mol. The molecule has 0 bridgehead atoms. The Hall–Kier alpha value is -3.22. The van der Waals surface area contributed by atoms with Crippen LogP contribution in [-0.4, -0.2) is 30.9 Å². The summed E-state index contributed by atoms with van der Waals surface area (Å²) in [4.78, 5) is 37.5. The van der Waals surface area contributed by atoms with Crippen molar-refractivity contribution in [2.75, 3.05) is 23.4 Å². The second-order valence-corrected chi connectivity index (χ2v) is 5.90. The minimum Gasteiger partial charge on any atom is -0.455 e. The summed E-state index contributed by atoms with van der Waals surface area (Å²) in [5.41, 5.74) is 1.13. The Labute approximate surface area is 149 Å². The van der Waals surface area contributed by atoms with Gasteiger partial charge in [-0.3, -0.25) is 14.4 Å². The van der Waals surface area contributed by atoms with Crippen molar-refractivity contribution >= 4 is 29.2 Å². The van der Waals surface area contributed by atoms with Crippen LogP contribution in [-0.2, 0) is 19.1 Å². The molecule has 1 aliphatic heterocycles. The number of para-hydroxylation sites is 1. The van der Waals surface area contributed by atoms with E-state index in [9.17, 15) is 18.8 Å². The van der Waals surface area contributed by atoms with Crippen LogP contribution in [0.2, 0.25) is 0 Å². The minimum atomic E-state index is -0.655. The first-order chi connectivity index (χ1) is 12.5. The topological polar surface area (TPSA) is 75.7 Å². The van der Waals surface area contributed by atoms with Crippen LogP contribution in [0.3, 0.4) is 0 Å². The summed E-state index contributed by atoms with van der Waals surface area (Å²) in [7, 11) is 0. The summed E-state index contributed by atoms with van der Waals surface area (Å²) in [6.07, 6.45) is -0.00346. The molecule has 0 unspecified atom stereocenters. The first-order valence-corrected chi connectivity index (χ1v) is 8.10. The van der Waals surface area contributed by atoms with E-state index in [-0.39, 0.29) is 18.9 Å². The lowest BCUT2D eigenvalue weighted by Crippen LogP contribution is -2.28. The van der Waals surface area contributed by atoms with Crippen LogP contribution in [0.25, 0.3) is 0 Å².